The number of aromatic nitrogens is 3. The van der Waals surface area contributed by atoms with E-state index in [2.05, 4.69) is 4.98 Å². The third-order valence-corrected chi connectivity index (χ3v) is 5.93. The molecule has 136 valence electrons. The number of ether oxygens (including phenoxy) is 1. The molecule has 0 radical (unpaired) electrons. The highest BCUT2D eigenvalue weighted by Crippen LogP contribution is 2.26. The van der Waals surface area contributed by atoms with E-state index in [1.807, 2.05) is 31.2 Å². The number of benzene rings is 1. The van der Waals surface area contributed by atoms with Crippen LogP contribution < -0.4 is 16.0 Å². The molecule has 3 rings (SSSR count). The number of nitrogens with two attached hydrogens (primary N) is 1. The Morgan fingerprint density at radius 2 is 2.08 bits per heavy atom. The summed E-state index contributed by atoms with van der Waals surface area (Å²) < 4.78 is 9.60. The zero-order valence-corrected chi connectivity index (χ0v) is 16.5. The molecule has 2 heterocycles. The third kappa shape index (κ3) is 3.53. The number of thiazole rings is 1. The van der Waals surface area contributed by atoms with Gasteiger partial charge in [0, 0.05) is 12.7 Å². The van der Waals surface area contributed by atoms with Gasteiger partial charge in [-0.05, 0) is 43.4 Å². The van der Waals surface area contributed by atoms with Crippen LogP contribution in [0.3, 0.4) is 0 Å². The summed E-state index contributed by atoms with van der Waals surface area (Å²) in [5.41, 5.74) is 6.25. The summed E-state index contributed by atoms with van der Waals surface area (Å²) in [5, 5.41) is 0.411. The minimum atomic E-state index is -0.474. The number of nitrogens with zero attached hydrogens (tertiary/aromatic N) is 3. The van der Waals surface area contributed by atoms with Crippen LogP contribution in [0, 0.1) is 3.95 Å². The molecule has 0 aliphatic heterocycles. The second-order valence-corrected chi connectivity index (χ2v) is 7.88. The Kier molecular flexibility index (Phi) is 5.44. The van der Waals surface area contributed by atoms with Gasteiger partial charge in [0.2, 0.25) is 5.91 Å². The van der Waals surface area contributed by atoms with Gasteiger partial charge in [-0.1, -0.05) is 23.1 Å². The fourth-order valence-electron chi connectivity index (χ4n) is 2.36. The molecule has 3 aromatic rings. The molecule has 7 nitrogen and oxygen atoms in total. The van der Waals surface area contributed by atoms with E-state index < -0.39 is 5.91 Å². The van der Waals surface area contributed by atoms with Crippen molar-refractivity contribution < 1.29 is 9.53 Å². The average Bonchev–Trinajstić information content (AvgIpc) is 2.94. The number of hydrogen-bond acceptors (Lipinski definition) is 7. The van der Waals surface area contributed by atoms with Crippen LogP contribution in [0.4, 0.5) is 0 Å². The summed E-state index contributed by atoms with van der Waals surface area (Å²) >= 11 is 7.79. The first kappa shape index (κ1) is 18.6. The van der Waals surface area contributed by atoms with Crippen molar-refractivity contribution in [3.63, 3.8) is 0 Å². The van der Waals surface area contributed by atoms with E-state index in [0.29, 0.717) is 26.1 Å². The fraction of sp³-hybridized carbons (Fsp3) is 0.250. The number of primary amides is 1. The van der Waals surface area contributed by atoms with Gasteiger partial charge < -0.3 is 10.5 Å². The lowest BCUT2D eigenvalue weighted by Gasteiger charge is -2.09. The van der Waals surface area contributed by atoms with Gasteiger partial charge in [0.25, 0.3) is 5.56 Å². The molecule has 0 atom stereocenters. The minimum absolute atomic E-state index is 0.0414. The molecule has 0 aliphatic rings. The minimum Gasteiger partial charge on any atom is -0.494 e. The summed E-state index contributed by atoms with van der Waals surface area (Å²) in [6, 6.07) is 7.41. The van der Waals surface area contributed by atoms with Gasteiger partial charge in [0.15, 0.2) is 14.8 Å². The lowest BCUT2D eigenvalue weighted by molar-refractivity contribution is -0.115. The standard InChI is InChI=1S/C16H16N4O3S3/c1-3-23-10-6-4-9(5-7-10)20-13-12(26-16(20)24)14(22)19(2)15(18-13)25-8-11(17)21/h4-7H,3,8H2,1-2H3,(H2,17,21). The van der Waals surface area contributed by atoms with Gasteiger partial charge in [-0.2, -0.15) is 0 Å². The van der Waals surface area contributed by atoms with E-state index in [1.165, 1.54) is 15.9 Å². The molecule has 10 heteroatoms. The Morgan fingerprint density at radius 3 is 2.69 bits per heavy atom. The fourth-order valence-corrected chi connectivity index (χ4v) is 4.41. The molecule has 1 amide bonds. The first-order chi connectivity index (χ1) is 12.4. The Balaban J connectivity index is 2.16. The first-order valence-corrected chi connectivity index (χ1v) is 9.90. The molecular formula is C16H16N4O3S3. The Bertz CT molecular complexity index is 1080. The lowest BCUT2D eigenvalue weighted by Crippen LogP contribution is -2.21. The number of thioether (sulfide) groups is 1. The molecule has 2 N–H and O–H groups in total. The second-order valence-electron chi connectivity index (χ2n) is 5.30. The van der Waals surface area contributed by atoms with Crippen molar-refractivity contribution in [3.05, 3.63) is 38.6 Å². The van der Waals surface area contributed by atoms with Gasteiger partial charge in [-0.15, -0.1) is 0 Å². The van der Waals surface area contributed by atoms with Crippen molar-refractivity contribution in [1.82, 2.24) is 14.1 Å². The number of fused-ring (bicyclic) bond motifs is 1. The normalized spacial score (nSPS) is 11.0. The summed E-state index contributed by atoms with van der Waals surface area (Å²) in [6.45, 7) is 2.50. The zero-order chi connectivity index (χ0) is 18.8. The molecule has 0 unspecified atom stereocenters. The summed E-state index contributed by atoms with van der Waals surface area (Å²) in [6.07, 6.45) is 0. The van der Waals surface area contributed by atoms with Crippen molar-refractivity contribution in [1.29, 1.82) is 0 Å². The van der Waals surface area contributed by atoms with Crippen molar-refractivity contribution in [3.8, 4) is 11.4 Å². The Morgan fingerprint density at radius 1 is 1.38 bits per heavy atom. The van der Waals surface area contributed by atoms with E-state index in [4.69, 9.17) is 22.7 Å². The highest BCUT2D eigenvalue weighted by atomic mass is 32.2. The molecule has 0 bridgehead atoms. The molecule has 0 saturated carbocycles. The van der Waals surface area contributed by atoms with Gasteiger partial charge in [0.1, 0.15) is 10.4 Å². The molecule has 0 saturated heterocycles. The van der Waals surface area contributed by atoms with Gasteiger partial charge >= 0.3 is 0 Å². The van der Waals surface area contributed by atoms with Gasteiger partial charge in [0.05, 0.1) is 12.4 Å². The highest BCUT2D eigenvalue weighted by molar-refractivity contribution is 7.99. The van der Waals surface area contributed by atoms with Crippen molar-refractivity contribution in [2.24, 2.45) is 12.8 Å². The first-order valence-electron chi connectivity index (χ1n) is 7.69. The molecule has 2 aromatic heterocycles. The van der Waals surface area contributed by atoms with Crippen LogP contribution in [0.25, 0.3) is 16.0 Å². The summed E-state index contributed by atoms with van der Waals surface area (Å²) in [5.74, 6) is 0.321. The van der Waals surface area contributed by atoms with Crippen molar-refractivity contribution in [2.45, 2.75) is 12.1 Å². The third-order valence-electron chi connectivity index (χ3n) is 3.52. The highest BCUT2D eigenvalue weighted by Gasteiger charge is 2.16. The van der Waals surface area contributed by atoms with Crippen LogP contribution in [-0.4, -0.2) is 32.4 Å². The second kappa shape index (κ2) is 7.60. The van der Waals surface area contributed by atoms with Crippen LogP contribution in [0.1, 0.15) is 6.92 Å². The van der Waals surface area contributed by atoms with E-state index in [9.17, 15) is 9.59 Å². The Labute approximate surface area is 162 Å². The molecule has 0 fully saturated rings. The predicted octanol–water partition coefficient (Wildman–Crippen LogP) is 2.49. The topological polar surface area (TPSA) is 92.1 Å². The van der Waals surface area contributed by atoms with E-state index in [-0.39, 0.29) is 11.3 Å². The molecule has 26 heavy (non-hydrogen) atoms. The number of carbonyl (C=O) groups excluding carboxylic acids is 1. The van der Waals surface area contributed by atoms with Crippen molar-refractivity contribution in [2.75, 3.05) is 12.4 Å². The smallest absolute Gasteiger partial charge is 0.273 e. The van der Waals surface area contributed by atoms with E-state index in [0.717, 1.165) is 23.2 Å². The number of hydrogen-bond donors (Lipinski definition) is 1. The van der Waals surface area contributed by atoms with Crippen LogP contribution in [0.5, 0.6) is 5.75 Å². The van der Waals surface area contributed by atoms with Gasteiger partial charge in [-0.3, -0.25) is 18.7 Å². The number of carbonyl (C=O) groups is 1. The maximum Gasteiger partial charge on any atom is 0.273 e. The van der Waals surface area contributed by atoms with E-state index >= 15 is 0 Å². The van der Waals surface area contributed by atoms with E-state index in [1.54, 1.807) is 11.6 Å². The number of amides is 1. The zero-order valence-electron chi connectivity index (χ0n) is 14.1. The largest absolute Gasteiger partial charge is 0.494 e. The molecule has 1 aromatic carbocycles. The average molecular weight is 409 g/mol. The van der Waals surface area contributed by atoms with Crippen LogP contribution >= 0.6 is 35.3 Å². The number of rotatable bonds is 6. The monoisotopic (exact) mass is 408 g/mol. The Hall–Kier alpha value is -2.17. The lowest BCUT2D eigenvalue weighted by atomic mass is 10.3. The maximum atomic E-state index is 12.7. The van der Waals surface area contributed by atoms with Crippen LogP contribution in [0.2, 0.25) is 0 Å². The van der Waals surface area contributed by atoms with Crippen molar-refractivity contribution >= 4 is 51.6 Å². The molecule has 0 aliphatic carbocycles. The molecular weight excluding hydrogens is 392 g/mol. The van der Waals surface area contributed by atoms with Crippen LogP contribution in [0.15, 0.2) is 34.2 Å². The summed E-state index contributed by atoms with van der Waals surface area (Å²) in [7, 11) is 1.61. The van der Waals surface area contributed by atoms with Gasteiger partial charge in [-0.25, -0.2) is 4.98 Å². The predicted molar refractivity (Wildman–Crippen MR) is 106 cm³/mol. The molecule has 0 spiro atoms. The summed E-state index contributed by atoms with van der Waals surface area (Å²) in [4.78, 5) is 28.3. The quantitative estimate of drug-likeness (QED) is 0.383. The van der Waals surface area contributed by atoms with Crippen LogP contribution in [-0.2, 0) is 11.8 Å². The SMILES string of the molecule is CCOc1ccc(-n2c(=S)sc3c(=O)n(C)c(SCC(N)=O)nc32)cc1. The maximum absolute atomic E-state index is 12.7.